The minimum Gasteiger partial charge on any atom is -0.324 e. The van der Waals surface area contributed by atoms with E-state index >= 15 is 0 Å². The van der Waals surface area contributed by atoms with E-state index in [4.69, 9.17) is 5.73 Å². The van der Waals surface area contributed by atoms with Crippen LogP contribution in [-0.4, -0.2) is 11.4 Å². The van der Waals surface area contributed by atoms with Crippen LogP contribution in [0.25, 0.3) is 0 Å². The van der Waals surface area contributed by atoms with Gasteiger partial charge < -0.3 is 11.1 Å². The molecule has 18 heavy (non-hydrogen) atoms. The Morgan fingerprint density at radius 2 is 1.83 bits per heavy atom. The summed E-state index contributed by atoms with van der Waals surface area (Å²) in [6.07, 6.45) is 1.58. The summed E-state index contributed by atoms with van der Waals surface area (Å²) in [6, 6.07) is 7.91. The van der Waals surface area contributed by atoms with Crippen molar-refractivity contribution in [3.8, 4) is 0 Å². The molecule has 0 unspecified atom stereocenters. The lowest BCUT2D eigenvalue weighted by molar-refractivity contribution is -0.118. The van der Waals surface area contributed by atoms with E-state index in [1.807, 2.05) is 24.3 Å². The third-order valence-electron chi connectivity index (χ3n) is 3.22. The van der Waals surface area contributed by atoms with Crippen LogP contribution in [0.5, 0.6) is 0 Å². The van der Waals surface area contributed by atoms with E-state index in [1.165, 1.54) is 0 Å². The SMILES string of the molecule is CC(C)(C)c1ccccc1NC(=O)C1(N)CC1.Cl. The number of halogens is 1. The predicted molar refractivity (Wildman–Crippen MR) is 77.2 cm³/mol. The molecule has 0 saturated heterocycles. The highest BCUT2D eigenvalue weighted by Crippen LogP contribution is 2.35. The lowest BCUT2D eigenvalue weighted by Gasteiger charge is -2.23. The van der Waals surface area contributed by atoms with Gasteiger partial charge in [0.15, 0.2) is 0 Å². The first-order chi connectivity index (χ1) is 7.83. The van der Waals surface area contributed by atoms with Gasteiger partial charge in [0.25, 0.3) is 0 Å². The third kappa shape index (κ3) is 3.03. The van der Waals surface area contributed by atoms with Gasteiger partial charge in [0.05, 0.1) is 5.54 Å². The van der Waals surface area contributed by atoms with Gasteiger partial charge in [-0.1, -0.05) is 39.0 Å². The zero-order valence-electron chi connectivity index (χ0n) is 11.1. The number of nitrogens with two attached hydrogens (primary N) is 1. The second-order valence-corrected chi connectivity index (χ2v) is 5.91. The average molecular weight is 269 g/mol. The van der Waals surface area contributed by atoms with Crippen LogP contribution in [-0.2, 0) is 10.2 Å². The molecule has 4 heteroatoms. The van der Waals surface area contributed by atoms with Gasteiger partial charge in [-0.15, -0.1) is 12.4 Å². The molecule has 2 rings (SSSR count). The Kier molecular flexibility index (Phi) is 4.08. The van der Waals surface area contributed by atoms with E-state index < -0.39 is 5.54 Å². The number of para-hydroxylation sites is 1. The van der Waals surface area contributed by atoms with Crippen LogP contribution in [0.1, 0.15) is 39.2 Å². The normalized spacial score (nSPS) is 16.7. The molecule has 0 bridgehead atoms. The number of carbonyl (C=O) groups is 1. The number of benzene rings is 1. The third-order valence-corrected chi connectivity index (χ3v) is 3.22. The molecule has 0 aromatic heterocycles. The van der Waals surface area contributed by atoms with E-state index in [0.29, 0.717) is 0 Å². The molecule has 1 saturated carbocycles. The molecule has 0 heterocycles. The molecule has 0 spiro atoms. The van der Waals surface area contributed by atoms with Gasteiger partial charge in [0.1, 0.15) is 0 Å². The molecule has 3 N–H and O–H groups in total. The molecule has 1 aromatic carbocycles. The maximum atomic E-state index is 11.9. The number of rotatable bonds is 2. The second-order valence-electron chi connectivity index (χ2n) is 5.91. The summed E-state index contributed by atoms with van der Waals surface area (Å²) in [5, 5.41) is 2.96. The van der Waals surface area contributed by atoms with Crippen LogP contribution in [0, 0.1) is 0 Å². The molecule has 3 nitrogen and oxygen atoms in total. The van der Waals surface area contributed by atoms with E-state index in [9.17, 15) is 4.79 Å². The van der Waals surface area contributed by atoms with Crippen LogP contribution < -0.4 is 11.1 Å². The van der Waals surface area contributed by atoms with Gasteiger partial charge in [-0.2, -0.15) is 0 Å². The summed E-state index contributed by atoms with van der Waals surface area (Å²) >= 11 is 0. The maximum absolute atomic E-state index is 11.9. The number of nitrogens with one attached hydrogen (secondary N) is 1. The van der Waals surface area contributed by atoms with Crippen molar-refractivity contribution in [3.05, 3.63) is 29.8 Å². The van der Waals surface area contributed by atoms with E-state index in [-0.39, 0.29) is 23.7 Å². The number of anilines is 1. The molecule has 1 fully saturated rings. The standard InChI is InChI=1S/C14H20N2O.ClH/c1-13(2,3)10-6-4-5-7-11(10)16-12(17)14(15)8-9-14;/h4-7H,8-9,15H2,1-3H3,(H,16,17);1H. The zero-order valence-corrected chi connectivity index (χ0v) is 11.9. The van der Waals surface area contributed by atoms with Crippen LogP contribution in [0.15, 0.2) is 24.3 Å². The van der Waals surface area contributed by atoms with Gasteiger partial charge >= 0.3 is 0 Å². The van der Waals surface area contributed by atoms with Crippen molar-refractivity contribution in [1.29, 1.82) is 0 Å². The van der Waals surface area contributed by atoms with Crippen LogP contribution in [0.4, 0.5) is 5.69 Å². The smallest absolute Gasteiger partial charge is 0.244 e. The number of hydrogen-bond donors (Lipinski definition) is 2. The highest BCUT2D eigenvalue weighted by atomic mass is 35.5. The molecule has 1 aliphatic carbocycles. The van der Waals surface area contributed by atoms with Crippen LogP contribution in [0.3, 0.4) is 0 Å². The summed E-state index contributed by atoms with van der Waals surface area (Å²) in [7, 11) is 0. The van der Waals surface area contributed by atoms with Crippen molar-refractivity contribution in [2.75, 3.05) is 5.32 Å². The lowest BCUT2D eigenvalue weighted by Crippen LogP contribution is -2.38. The lowest BCUT2D eigenvalue weighted by atomic mass is 9.86. The molecule has 1 aromatic rings. The van der Waals surface area contributed by atoms with Gasteiger partial charge in [-0.25, -0.2) is 0 Å². The Balaban J connectivity index is 0.00000162. The number of hydrogen-bond acceptors (Lipinski definition) is 2. The first-order valence-electron chi connectivity index (χ1n) is 6.03. The second kappa shape index (κ2) is 4.90. The minimum absolute atomic E-state index is 0. The molecule has 1 amide bonds. The van der Waals surface area contributed by atoms with E-state index in [1.54, 1.807) is 0 Å². The minimum atomic E-state index is -0.620. The Hall–Kier alpha value is -1.06. The summed E-state index contributed by atoms with van der Waals surface area (Å²) in [5.74, 6) is -0.0609. The molecule has 0 radical (unpaired) electrons. The fraction of sp³-hybridized carbons (Fsp3) is 0.500. The van der Waals surface area contributed by atoms with Crippen molar-refractivity contribution in [2.24, 2.45) is 5.73 Å². The molecule has 1 aliphatic rings. The summed E-state index contributed by atoms with van der Waals surface area (Å²) in [5.41, 5.74) is 7.29. The van der Waals surface area contributed by atoms with Gasteiger partial charge in [0, 0.05) is 5.69 Å². The maximum Gasteiger partial charge on any atom is 0.244 e. The zero-order chi connectivity index (χ0) is 12.7. The van der Waals surface area contributed by atoms with Crippen molar-refractivity contribution in [2.45, 2.75) is 44.6 Å². The van der Waals surface area contributed by atoms with Crippen molar-refractivity contribution in [3.63, 3.8) is 0 Å². The monoisotopic (exact) mass is 268 g/mol. The average Bonchev–Trinajstić information content (AvgIpc) is 2.97. The highest BCUT2D eigenvalue weighted by Gasteiger charge is 2.46. The Morgan fingerprint density at radius 1 is 1.28 bits per heavy atom. The molecular weight excluding hydrogens is 248 g/mol. The summed E-state index contributed by atoms with van der Waals surface area (Å²) in [6.45, 7) is 6.40. The topological polar surface area (TPSA) is 55.1 Å². The van der Waals surface area contributed by atoms with E-state index in [2.05, 4.69) is 26.1 Å². The number of amides is 1. The molecular formula is C14H21ClN2O. The quantitative estimate of drug-likeness (QED) is 0.867. The fourth-order valence-electron chi connectivity index (χ4n) is 1.85. The van der Waals surface area contributed by atoms with Crippen molar-refractivity contribution in [1.82, 2.24) is 0 Å². The summed E-state index contributed by atoms with van der Waals surface area (Å²) < 4.78 is 0. The van der Waals surface area contributed by atoms with Crippen molar-refractivity contribution < 1.29 is 4.79 Å². The van der Waals surface area contributed by atoms with E-state index in [0.717, 1.165) is 24.1 Å². The molecule has 0 aliphatic heterocycles. The first kappa shape index (κ1) is 15.0. The molecule has 0 atom stereocenters. The van der Waals surface area contributed by atoms with Gasteiger partial charge in [-0.3, -0.25) is 4.79 Å². The van der Waals surface area contributed by atoms with Gasteiger partial charge in [-0.05, 0) is 29.9 Å². The first-order valence-corrected chi connectivity index (χ1v) is 6.03. The Bertz CT molecular complexity index is 447. The Morgan fingerprint density at radius 3 is 2.33 bits per heavy atom. The van der Waals surface area contributed by atoms with Crippen LogP contribution in [0.2, 0.25) is 0 Å². The molecule has 100 valence electrons. The fourth-order valence-corrected chi connectivity index (χ4v) is 1.85. The van der Waals surface area contributed by atoms with Gasteiger partial charge in [0.2, 0.25) is 5.91 Å². The number of carbonyl (C=O) groups excluding carboxylic acids is 1. The highest BCUT2D eigenvalue weighted by molar-refractivity contribution is 6.00. The van der Waals surface area contributed by atoms with Crippen LogP contribution >= 0.6 is 12.4 Å². The largest absolute Gasteiger partial charge is 0.324 e. The van der Waals surface area contributed by atoms with Crippen molar-refractivity contribution >= 4 is 24.0 Å². The predicted octanol–water partition coefficient (Wildman–Crippen LogP) is 2.84. The summed E-state index contributed by atoms with van der Waals surface area (Å²) in [4.78, 5) is 11.9. The Labute approximate surface area is 115 Å².